The van der Waals surface area contributed by atoms with Gasteiger partial charge in [0, 0.05) is 0 Å². The second-order valence-electron chi connectivity index (χ2n) is 3.64. The molecule has 0 spiro atoms. The molecule has 0 aromatic rings. The van der Waals surface area contributed by atoms with Crippen molar-refractivity contribution in [2.75, 3.05) is 6.61 Å². The number of nitrogens with one attached hydrogen (secondary N) is 1. The lowest BCUT2D eigenvalue weighted by Crippen LogP contribution is -2.46. The summed E-state index contributed by atoms with van der Waals surface area (Å²) in [6.45, 7) is 3.62. The molecular formula is C8H13F2NO4. The highest BCUT2D eigenvalue weighted by Gasteiger charge is 2.44. The van der Waals surface area contributed by atoms with E-state index < -0.39 is 24.2 Å². The summed E-state index contributed by atoms with van der Waals surface area (Å²) in [6.07, 6.45) is -3.69. The lowest BCUT2D eigenvalue weighted by atomic mass is 10.2. The Bertz CT molecular complexity index is 237. The second-order valence-corrected chi connectivity index (χ2v) is 3.64. The number of aldehydes is 1. The van der Waals surface area contributed by atoms with E-state index in [1.54, 1.807) is 0 Å². The van der Waals surface area contributed by atoms with Gasteiger partial charge in [0.25, 0.3) is 0 Å². The number of hydrogen-bond acceptors (Lipinski definition) is 4. The Hall–Kier alpha value is -1.08. The van der Waals surface area contributed by atoms with E-state index in [2.05, 4.69) is 9.57 Å². The first-order valence-corrected chi connectivity index (χ1v) is 4.13. The Morgan fingerprint density at radius 2 is 1.93 bits per heavy atom. The van der Waals surface area contributed by atoms with Crippen molar-refractivity contribution >= 4 is 12.2 Å². The number of amides is 1. The Morgan fingerprint density at radius 1 is 1.40 bits per heavy atom. The van der Waals surface area contributed by atoms with Gasteiger partial charge in [-0.25, -0.2) is 5.48 Å². The minimum atomic E-state index is -4.00. The van der Waals surface area contributed by atoms with E-state index >= 15 is 0 Å². The number of carbonyl (C=O) groups is 2. The van der Waals surface area contributed by atoms with Crippen molar-refractivity contribution in [1.29, 1.82) is 0 Å². The van der Waals surface area contributed by atoms with Crippen LogP contribution in [0.3, 0.4) is 0 Å². The predicted octanol–water partition coefficient (Wildman–Crippen LogP) is 0.641. The van der Waals surface area contributed by atoms with Crippen molar-refractivity contribution < 1.29 is 27.9 Å². The standard InChI is InChI=1S/C8H13F2NO4/c1-7(2,3)15-8(9,10)6(13)11-14-5-4-12/h4H,5H2,1-3H3,(H,11,13). The van der Waals surface area contributed by atoms with E-state index in [9.17, 15) is 18.4 Å². The van der Waals surface area contributed by atoms with Gasteiger partial charge < -0.3 is 9.53 Å². The number of hydrogen-bond donors (Lipinski definition) is 1. The van der Waals surface area contributed by atoms with Crippen LogP contribution in [0.2, 0.25) is 0 Å². The van der Waals surface area contributed by atoms with Gasteiger partial charge in [0.1, 0.15) is 12.9 Å². The smallest absolute Gasteiger partial charge is 0.307 e. The van der Waals surface area contributed by atoms with E-state index in [1.807, 2.05) is 0 Å². The summed E-state index contributed by atoms with van der Waals surface area (Å²) in [7, 11) is 0. The quantitative estimate of drug-likeness (QED) is 0.423. The second kappa shape index (κ2) is 5.13. The van der Waals surface area contributed by atoms with Crippen LogP contribution in [-0.4, -0.2) is 30.5 Å². The molecule has 5 nitrogen and oxygen atoms in total. The maximum Gasteiger partial charge on any atom is 0.439 e. The lowest BCUT2D eigenvalue weighted by molar-refractivity contribution is -0.272. The van der Waals surface area contributed by atoms with E-state index in [0.717, 1.165) is 0 Å². The van der Waals surface area contributed by atoms with E-state index in [4.69, 9.17) is 0 Å². The zero-order valence-electron chi connectivity index (χ0n) is 8.67. The third kappa shape index (κ3) is 6.08. The molecule has 0 aliphatic rings. The molecule has 0 unspecified atom stereocenters. The van der Waals surface area contributed by atoms with Gasteiger partial charge in [-0.1, -0.05) is 0 Å². The molecule has 0 saturated carbocycles. The average molecular weight is 225 g/mol. The summed E-state index contributed by atoms with van der Waals surface area (Å²) in [4.78, 5) is 24.7. The molecule has 0 atom stereocenters. The Kier molecular flexibility index (Phi) is 4.76. The summed E-state index contributed by atoms with van der Waals surface area (Å²) in [5, 5.41) is 0. The maximum atomic E-state index is 12.9. The third-order valence-corrected chi connectivity index (χ3v) is 1.01. The SMILES string of the molecule is CC(C)(C)OC(F)(F)C(=O)NOCC=O. The molecule has 0 rings (SSSR count). The molecule has 15 heavy (non-hydrogen) atoms. The molecule has 0 saturated heterocycles. The fraction of sp³-hybridized carbons (Fsp3) is 0.750. The summed E-state index contributed by atoms with van der Waals surface area (Å²) >= 11 is 0. The fourth-order valence-electron chi connectivity index (χ4n) is 0.632. The van der Waals surface area contributed by atoms with Crippen LogP contribution in [0.4, 0.5) is 8.78 Å². The van der Waals surface area contributed by atoms with Gasteiger partial charge in [-0.3, -0.25) is 9.63 Å². The molecule has 0 heterocycles. The monoisotopic (exact) mass is 225 g/mol. The number of ether oxygens (including phenoxy) is 1. The van der Waals surface area contributed by atoms with Gasteiger partial charge in [-0.05, 0) is 20.8 Å². The van der Waals surface area contributed by atoms with Gasteiger partial charge in [0.15, 0.2) is 0 Å². The molecule has 88 valence electrons. The molecule has 1 amide bonds. The average Bonchev–Trinajstić information content (AvgIpc) is 2.00. The summed E-state index contributed by atoms with van der Waals surface area (Å²) in [5.74, 6) is -1.75. The zero-order chi connectivity index (χ0) is 12.1. The first-order valence-electron chi connectivity index (χ1n) is 4.13. The normalized spacial score (nSPS) is 12.3. The molecule has 0 bridgehead atoms. The zero-order valence-corrected chi connectivity index (χ0v) is 8.67. The molecule has 1 N–H and O–H groups in total. The largest absolute Gasteiger partial charge is 0.439 e. The molecule has 0 radical (unpaired) electrons. The van der Waals surface area contributed by atoms with Crippen LogP contribution in [0.5, 0.6) is 0 Å². The first-order chi connectivity index (χ1) is 6.69. The number of alkyl halides is 2. The van der Waals surface area contributed by atoms with Gasteiger partial charge in [0.05, 0.1) is 5.60 Å². The van der Waals surface area contributed by atoms with E-state index in [1.165, 1.54) is 26.3 Å². The van der Waals surface area contributed by atoms with Crippen molar-refractivity contribution in [2.24, 2.45) is 0 Å². The molecular weight excluding hydrogens is 212 g/mol. The Morgan fingerprint density at radius 3 is 2.33 bits per heavy atom. The Labute approximate surface area is 85.7 Å². The summed E-state index contributed by atoms with van der Waals surface area (Å²) in [5.41, 5.74) is 0.226. The predicted molar refractivity (Wildman–Crippen MR) is 45.9 cm³/mol. The topological polar surface area (TPSA) is 64.6 Å². The fourth-order valence-corrected chi connectivity index (χ4v) is 0.632. The molecule has 0 aromatic carbocycles. The van der Waals surface area contributed by atoms with Crippen molar-refractivity contribution in [3.8, 4) is 0 Å². The van der Waals surface area contributed by atoms with Crippen LogP contribution >= 0.6 is 0 Å². The number of halogens is 2. The minimum Gasteiger partial charge on any atom is -0.307 e. The number of rotatable bonds is 5. The summed E-state index contributed by atoms with van der Waals surface area (Å²) < 4.78 is 30.1. The van der Waals surface area contributed by atoms with Crippen LogP contribution in [0.1, 0.15) is 20.8 Å². The molecule has 0 aliphatic carbocycles. The van der Waals surface area contributed by atoms with Crippen molar-refractivity contribution in [3.05, 3.63) is 0 Å². The first kappa shape index (κ1) is 13.9. The summed E-state index contributed by atoms with van der Waals surface area (Å²) in [6, 6.07) is 0. The number of hydroxylamine groups is 1. The van der Waals surface area contributed by atoms with E-state index in [0.29, 0.717) is 6.29 Å². The van der Waals surface area contributed by atoms with Crippen LogP contribution < -0.4 is 5.48 Å². The van der Waals surface area contributed by atoms with Gasteiger partial charge in [0.2, 0.25) is 0 Å². The minimum absolute atomic E-state index is 0.309. The third-order valence-electron chi connectivity index (χ3n) is 1.01. The number of carbonyl (C=O) groups excluding carboxylic acids is 2. The van der Waals surface area contributed by atoms with Crippen molar-refractivity contribution in [2.45, 2.75) is 32.5 Å². The van der Waals surface area contributed by atoms with Gasteiger partial charge in [-0.15, -0.1) is 0 Å². The highest BCUT2D eigenvalue weighted by molar-refractivity contribution is 5.81. The van der Waals surface area contributed by atoms with Crippen LogP contribution in [-0.2, 0) is 19.2 Å². The lowest BCUT2D eigenvalue weighted by Gasteiger charge is -2.25. The molecule has 7 heteroatoms. The molecule has 0 aromatic heterocycles. The maximum absolute atomic E-state index is 12.9. The highest BCUT2D eigenvalue weighted by atomic mass is 19.3. The molecule has 0 fully saturated rings. The van der Waals surface area contributed by atoms with Crippen LogP contribution in [0, 0.1) is 0 Å². The van der Waals surface area contributed by atoms with Crippen LogP contribution in [0.25, 0.3) is 0 Å². The van der Waals surface area contributed by atoms with Crippen LogP contribution in [0.15, 0.2) is 0 Å². The van der Waals surface area contributed by atoms with E-state index in [-0.39, 0.29) is 0 Å². The Balaban J connectivity index is 4.20. The van der Waals surface area contributed by atoms with Gasteiger partial charge in [-0.2, -0.15) is 8.78 Å². The highest BCUT2D eigenvalue weighted by Crippen LogP contribution is 2.23. The van der Waals surface area contributed by atoms with Gasteiger partial charge >= 0.3 is 12.0 Å². The van der Waals surface area contributed by atoms with Crippen molar-refractivity contribution in [1.82, 2.24) is 5.48 Å². The van der Waals surface area contributed by atoms with Crippen molar-refractivity contribution in [3.63, 3.8) is 0 Å². The molecule has 0 aliphatic heterocycles.